The van der Waals surface area contributed by atoms with Gasteiger partial charge in [0.15, 0.2) is 5.82 Å². The van der Waals surface area contributed by atoms with Gasteiger partial charge >= 0.3 is 0 Å². The lowest BCUT2D eigenvalue weighted by atomic mass is 9.77. The number of aromatic nitrogens is 5. The summed E-state index contributed by atoms with van der Waals surface area (Å²) < 4.78 is 0. The lowest BCUT2D eigenvalue weighted by Gasteiger charge is -2.35. The van der Waals surface area contributed by atoms with Crippen molar-refractivity contribution in [1.82, 2.24) is 25.1 Å². The van der Waals surface area contributed by atoms with Crippen LogP contribution in [0, 0.1) is 0 Å². The molecule has 2 aromatic rings. The number of H-pyrrole nitrogens is 2. The number of nitrogens with zero attached hydrogens (tertiary/aromatic N) is 3. The van der Waals surface area contributed by atoms with Crippen molar-refractivity contribution in [3.63, 3.8) is 0 Å². The molecule has 4 N–H and O–H groups in total. The fraction of sp³-hybridized carbons (Fsp3) is 0.583. The number of hydrogen-bond acceptors (Lipinski definition) is 4. The van der Waals surface area contributed by atoms with Crippen molar-refractivity contribution in [2.75, 3.05) is 0 Å². The van der Waals surface area contributed by atoms with Gasteiger partial charge in [-0.3, -0.25) is 5.10 Å². The minimum atomic E-state index is -0.256. The van der Waals surface area contributed by atoms with Crippen LogP contribution in [0.4, 0.5) is 0 Å². The van der Waals surface area contributed by atoms with Gasteiger partial charge in [-0.2, -0.15) is 5.10 Å². The molecule has 6 heteroatoms. The molecule has 0 radical (unpaired) electrons. The Hall–Kier alpha value is -1.69. The molecule has 2 saturated carbocycles. The molecule has 2 aromatic heterocycles. The average Bonchev–Trinajstić information content (AvgIpc) is 2.90. The maximum atomic E-state index is 6.24. The molecule has 0 saturated heterocycles. The van der Waals surface area contributed by atoms with E-state index in [1.165, 1.54) is 19.3 Å². The zero-order valence-corrected chi connectivity index (χ0v) is 10.1. The number of hydrogen-bond donors (Lipinski definition) is 3. The molecule has 0 bridgehead atoms. The minimum Gasteiger partial charge on any atom is -0.338 e. The zero-order chi connectivity index (χ0) is 12.2. The van der Waals surface area contributed by atoms with Crippen molar-refractivity contribution in [3.05, 3.63) is 17.8 Å². The van der Waals surface area contributed by atoms with E-state index in [1.807, 2.05) is 0 Å². The monoisotopic (exact) mass is 244 g/mol. The summed E-state index contributed by atoms with van der Waals surface area (Å²) in [5, 5.41) is 7.24. The van der Waals surface area contributed by atoms with Crippen LogP contribution in [-0.4, -0.2) is 25.1 Å². The summed E-state index contributed by atoms with van der Waals surface area (Å²) in [6.07, 6.45) is 7.40. The van der Waals surface area contributed by atoms with Crippen LogP contribution in [0.1, 0.15) is 49.7 Å². The summed E-state index contributed by atoms with van der Waals surface area (Å²) in [4.78, 5) is 12.1. The van der Waals surface area contributed by atoms with Crippen LogP contribution in [0.5, 0.6) is 0 Å². The SMILES string of the molecule is NC1(c2ncc(-c3n[nH]c(C4CC4)n3)[nH]2)CCC1. The standard InChI is InChI=1S/C12H16N6/c13-12(4-1-5-12)11-14-6-8(15-11)10-16-9(17-18-10)7-2-3-7/h6-7H,1-5,13H2,(H,14,15)(H,16,17,18). The average molecular weight is 244 g/mol. The van der Waals surface area contributed by atoms with Gasteiger partial charge in [0.25, 0.3) is 0 Å². The van der Waals surface area contributed by atoms with E-state index >= 15 is 0 Å². The number of aromatic amines is 2. The summed E-state index contributed by atoms with van der Waals surface area (Å²) in [6, 6.07) is 0. The number of nitrogens with one attached hydrogen (secondary N) is 2. The van der Waals surface area contributed by atoms with Gasteiger partial charge in [-0.15, -0.1) is 0 Å². The Kier molecular flexibility index (Phi) is 1.94. The molecule has 2 heterocycles. The van der Waals surface area contributed by atoms with Crippen molar-refractivity contribution in [1.29, 1.82) is 0 Å². The maximum Gasteiger partial charge on any atom is 0.199 e. The Labute approximate surface area is 104 Å². The molecule has 2 aliphatic rings. The van der Waals surface area contributed by atoms with Crippen LogP contribution in [0.25, 0.3) is 11.5 Å². The second-order valence-electron chi connectivity index (χ2n) is 5.47. The van der Waals surface area contributed by atoms with E-state index in [0.717, 1.165) is 30.2 Å². The van der Waals surface area contributed by atoms with E-state index in [0.29, 0.717) is 11.7 Å². The number of nitrogens with two attached hydrogens (primary N) is 1. The molecule has 0 amide bonds. The Morgan fingerprint density at radius 3 is 2.83 bits per heavy atom. The fourth-order valence-electron chi connectivity index (χ4n) is 2.42. The smallest absolute Gasteiger partial charge is 0.199 e. The zero-order valence-electron chi connectivity index (χ0n) is 10.1. The van der Waals surface area contributed by atoms with E-state index in [1.54, 1.807) is 6.20 Å². The molecule has 6 nitrogen and oxygen atoms in total. The normalized spacial score (nSPS) is 21.8. The van der Waals surface area contributed by atoms with E-state index in [9.17, 15) is 0 Å². The Balaban J connectivity index is 1.63. The van der Waals surface area contributed by atoms with E-state index < -0.39 is 0 Å². The van der Waals surface area contributed by atoms with Crippen molar-refractivity contribution in [2.24, 2.45) is 5.73 Å². The largest absolute Gasteiger partial charge is 0.338 e. The van der Waals surface area contributed by atoms with Gasteiger partial charge in [-0.1, -0.05) is 0 Å². The first-order valence-electron chi connectivity index (χ1n) is 6.52. The molecule has 0 aromatic carbocycles. The van der Waals surface area contributed by atoms with Crippen LogP contribution in [0.3, 0.4) is 0 Å². The predicted molar refractivity (Wildman–Crippen MR) is 65.7 cm³/mol. The Morgan fingerprint density at radius 1 is 1.33 bits per heavy atom. The first kappa shape index (κ1) is 10.3. The van der Waals surface area contributed by atoms with Crippen molar-refractivity contribution >= 4 is 0 Å². The summed E-state index contributed by atoms with van der Waals surface area (Å²) in [5.41, 5.74) is 6.83. The second-order valence-corrected chi connectivity index (χ2v) is 5.47. The topological polar surface area (TPSA) is 96.3 Å². The van der Waals surface area contributed by atoms with Crippen LogP contribution in [-0.2, 0) is 5.54 Å². The molecule has 2 fully saturated rings. The van der Waals surface area contributed by atoms with Crippen LogP contribution in [0.2, 0.25) is 0 Å². The highest BCUT2D eigenvalue weighted by atomic mass is 15.2. The van der Waals surface area contributed by atoms with Crippen LogP contribution in [0.15, 0.2) is 6.20 Å². The van der Waals surface area contributed by atoms with Gasteiger partial charge in [0.05, 0.1) is 11.7 Å². The highest BCUT2D eigenvalue weighted by molar-refractivity contribution is 5.48. The summed E-state index contributed by atoms with van der Waals surface area (Å²) in [6.45, 7) is 0. The molecule has 2 aliphatic carbocycles. The van der Waals surface area contributed by atoms with Gasteiger partial charge < -0.3 is 10.7 Å². The predicted octanol–water partition coefficient (Wildman–Crippen LogP) is 1.41. The molecule has 0 spiro atoms. The third kappa shape index (κ3) is 1.49. The van der Waals surface area contributed by atoms with Gasteiger partial charge in [0, 0.05) is 5.92 Å². The maximum absolute atomic E-state index is 6.24. The van der Waals surface area contributed by atoms with Gasteiger partial charge in [-0.05, 0) is 32.1 Å². The van der Waals surface area contributed by atoms with Crippen molar-refractivity contribution in [3.8, 4) is 11.5 Å². The molecule has 94 valence electrons. The quantitative estimate of drug-likeness (QED) is 0.760. The molecule has 0 atom stereocenters. The van der Waals surface area contributed by atoms with Crippen molar-refractivity contribution in [2.45, 2.75) is 43.6 Å². The number of imidazole rings is 1. The van der Waals surface area contributed by atoms with Gasteiger partial charge in [0.1, 0.15) is 17.3 Å². The molecule has 0 aliphatic heterocycles. The third-order valence-electron chi connectivity index (χ3n) is 4.00. The second kappa shape index (κ2) is 3.41. The molecule has 0 unspecified atom stereocenters. The van der Waals surface area contributed by atoms with Crippen LogP contribution >= 0.6 is 0 Å². The van der Waals surface area contributed by atoms with Gasteiger partial charge in [0.2, 0.25) is 0 Å². The Morgan fingerprint density at radius 2 is 2.17 bits per heavy atom. The lowest BCUT2D eigenvalue weighted by molar-refractivity contribution is 0.240. The lowest BCUT2D eigenvalue weighted by Crippen LogP contribution is -2.44. The first-order chi connectivity index (χ1) is 8.74. The Bertz CT molecular complexity index is 575. The number of rotatable bonds is 3. The highest BCUT2D eigenvalue weighted by Crippen LogP contribution is 2.39. The van der Waals surface area contributed by atoms with Gasteiger partial charge in [-0.25, -0.2) is 9.97 Å². The summed E-state index contributed by atoms with van der Waals surface area (Å²) >= 11 is 0. The van der Waals surface area contributed by atoms with E-state index in [2.05, 4.69) is 25.1 Å². The fourth-order valence-corrected chi connectivity index (χ4v) is 2.42. The molecule has 18 heavy (non-hydrogen) atoms. The molecule has 4 rings (SSSR count). The van der Waals surface area contributed by atoms with Crippen molar-refractivity contribution < 1.29 is 0 Å². The van der Waals surface area contributed by atoms with E-state index in [4.69, 9.17) is 5.73 Å². The highest BCUT2D eigenvalue weighted by Gasteiger charge is 2.37. The minimum absolute atomic E-state index is 0.256. The molecular weight excluding hydrogens is 228 g/mol. The first-order valence-corrected chi connectivity index (χ1v) is 6.52. The summed E-state index contributed by atoms with van der Waals surface area (Å²) in [7, 11) is 0. The van der Waals surface area contributed by atoms with Crippen LogP contribution < -0.4 is 5.73 Å². The van der Waals surface area contributed by atoms with E-state index in [-0.39, 0.29) is 5.54 Å². The summed E-state index contributed by atoms with van der Waals surface area (Å²) in [5.74, 6) is 3.13. The molecular formula is C12H16N6. The third-order valence-corrected chi connectivity index (χ3v) is 4.00.